The highest BCUT2D eigenvalue weighted by Crippen LogP contribution is 2.39. The first kappa shape index (κ1) is 16.0. The highest BCUT2D eigenvalue weighted by atomic mass is 16.5. The Bertz CT molecular complexity index is 585. The van der Waals surface area contributed by atoms with Gasteiger partial charge in [0, 0.05) is 12.2 Å². The normalized spacial score (nSPS) is 19.2. The molecule has 1 fully saturated rings. The minimum Gasteiger partial charge on any atom is -0.465 e. The van der Waals surface area contributed by atoms with Crippen LogP contribution in [0.1, 0.15) is 30.1 Å². The van der Waals surface area contributed by atoms with E-state index < -0.39 is 5.97 Å². The van der Waals surface area contributed by atoms with Gasteiger partial charge in [-0.25, -0.2) is 4.79 Å². The summed E-state index contributed by atoms with van der Waals surface area (Å²) in [6, 6.07) is 6.52. The minimum absolute atomic E-state index is 0.0645. The summed E-state index contributed by atoms with van der Waals surface area (Å²) in [5.74, 6) is -1.25. The Labute approximate surface area is 129 Å². The molecule has 2 unspecified atom stereocenters. The molecule has 6 nitrogen and oxygen atoms in total. The van der Waals surface area contributed by atoms with Crippen LogP contribution < -0.4 is 10.6 Å². The van der Waals surface area contributed by atoms with Crippen LogP contribution in [0, 0.1) is 11.8 Å². The Hall–Kier alpha value is -2.37. The van der Waals surface area contributed by atoms with Crippen LogP contribution in [0.25, 0.3) is 0 Å². The Morgan fingerprint density at radius 3 is 2.64 bits per heavy atom. The fourth-order valence-corrected chi connectivity index (χ4v) is 2.23. The van der Waals surface area contributed by atoms with Gasteiger partial charge in [-0.1, -0.05) is 13.0 Å². The largest absolute Gasteiger partial charge is 0.465 e. The Kier molecular flexibility index (Phi) is 5.14. The molecular formula is C16H20N2O4. The Balaban J connectivity index is 1.91. The van der Waals surface area contributed by atoms with Crippen molar-refractivity contribution in [3.63, 3.8) is 0 Å². The number of anilines is 1. The van der Waals surface area contributed by atoms with Crippen molar-refractivity contribution in [3.8, 4) is 0 Å². The van der Waals surface area contributed by atoms with Crippen LogP contribution in [0.15, 0.2) is 24.3 Å². The molecule has 2 amide bonds. The van der Waals surface area contributed by atoms with Gasteiger partial charge in [0.2, 0.25) is 11.8 Å². The van der Waals surface area contributed by atoms with E-state index in [1.54, 1.807) is 24.3 Å². The average molecular weight is 304 g/mol. The number of hydrogen-bond donors (Lipinski definition) is 2. The zero-order valence-electron chi connectivity index (χ0n) is 12.7. The number of nitrogens with one attached hydrogen (secondary N) is 2. The van der Waals surface area contributed by atoms with Crippen LogP contribution in [0.5, 0.6) is 0 Å². The van der Waals surface area contributed by atoms with Gasteiger partial charge < -0.3 is 15.4 Å². The number of ether oxygens (including phenoxy) is 1. The highest BCUT2D eigenvalue weighted by molar-refractivity contribution is 6.00. The molecule has 0 bridgehead atoms. The second kappa shape index (κ2) is 7.06. The second-order valence-corrected chi connectivity index (χ2v) is 5.30. The summed E-state index contributed by atoms with van der Waals surface area (Å²) in [7, 11) is 1.30. The maximum atomic E-state index is 12.1. The van der Waals surface area contributed by atoms with Crippen molar-refractivity contribution in [2.45, 2.75) is 19.8 Å². The van der Waals surface area contributed by atoms with Gasteiger partial charge in [0.15, 0.2) is 0 Å². The predicted octanol–water partition coefficient (Wildman–Crippen LogP) is 1.57. The van der Waals surface area contributed by atoms with Crippen molar-refractivity contribution in [2.75, 3.05) is 19.0 Å². The van der Waals surface area contributed by atoms with E-state index >= 15 is 0 Å². The summed E-state index contributed by atoms with van der Waals surface area (Å²) in [6.07, 6.45) is 1.44. The van der Waals surface area contributed by atoms with Crippen molar-refractivity contribution in [3.05, 3.63) is 29.8 Å². The van der Waals surface area contributed by atoms with Crippen LogP contribution in [0.4, 0.5) is 5.69 Å². The van der Waals surface area contributed by atoms with E-state index in [0.29, 0.717) is 24.2 Å². The van der Waals surface area contributed by atoms with Crippen molar-refractivity contribution in [1.29, 1.82) is 0 Å². The molecule has 1 aromatic carbocycles. The molecule has 0 spiro atoms. The van der Waals surface area contributed by atoms with Crippen LogP contribution in [0.3, 0.4) is 0 Å². The van der Waals surface area contributed by atoms with E-state index in [-0.39, 0.29) is 23.7 Å². The maximum absolute atomic E-state index is 12.1. The molecule has 0 aromatic heterocycles. The molecule has 0 heterocycles. The van der Waals surface area contributed by atoms with Crippen LogP contribution in [-0.4, -0.2) is 31.4 Å². The van der Waals surface area contributed by atoms with Crippen molar-refractivity contribution in [2.24, 2.45) is 11.8 Å². The molecule has 6 heteroatoms. The number of esters is 1. The van der Waals surface area contributed by atoms with Crippen LogP contribution >= 0.6 is 0 Å². The van der Waals surface area contributed by atoms with E-state index in [1.165, 1.54) is 7.11 Å². The van der Waals surface area contributed by atoms with E-state index in [4.69, 9.17) is 0 Å². The summed E-state index contributed by atoms with van der Waals surface area (Å²) in [5, 5.41) is 5.53. The molecule has 0 radical (unpaired) electrons. The van der Waals surface area contributed by atoms with Gasteiger partial charge in [0.1, 0.15) is 0 Å². The first-order valence-corrected chi connectivity index (χ1v) is 7.33. The zero-order chi connectivity index (χ0) is 16.1. The van der Waals surface area contributed by atoms with Crippen molar-refractivity contribution < 1.29 is 19.1 Å². The molecule has 1 aliphatic carbocycles. The Morgan fingerprint density at radius 2 is 1.95 bits per heavy atom. The summed E-state index contributed by atoms with van der Waals surface area (Å²) >= 11 is 0. The monoisotopic (exact) mass is 304 g/mol. The number of benzene rings is 1. The van der Waals surface area contributed by atoms with E-state index in [2.05, 4.69) is 15.4 Å². The highest BCUT2D eigenvalue weighted by Gasteiger charge is 2.47. The number of amides is 2. The fraction of sp³-hybridized carbons (Fsp3) is 0.438. The summed E-state index contributed by atoms with van der Waals surface area (Å²) in [4.78, 5) is 35.3. The molecule has 22 heavy (non-hydrogen) atoms. The third-order valence-electron chi connectivity index (χ3n) is 3.56. The number of carbonyl (C=O) groups excluding carboxylic acids is 3. The van der Waals surface area contributed by atoms with Gasteiger partial charge in [-0.2, -0.15) is 0 Å². The third kappa shape index (κ3) is 3.84. The molecule has 2 N–H and O–H groups in total. The second-order valence-electron chi connectivity index (χ2n) is 5.30. The lowest BCUT2D eigenvalue weighted by Gasteiger charge is -2.07. The topological polar surface area (TPSA) is 84.5 Å². The van der Waals surface area contributed by atoms with Gasteiger partial charge >= 0.3 is 5.97 Å². The molecule has 1 aromatic rings. The molecule has 0 saturated heterocycles. The molecule has 2 rings (SSSR count). The zero-order valence-corrected chi connectivity index (χ0v) is 12.7. The van der Waals surface area contributed by atoms with Crippen molar-refractivity contribution >= 4 is 23.5 Å². The SMILES string of the molecule is CCCNC(=O)C1CC1C(=O)Nc1cccc(C(=O)OC)c1. The minimum atomic E-state index is -0.459. The van der Waals surface area contributed by atoms with Crippen molar-refractivity contribution in [1.82, 2.24) is 5.32 Å². The number of hydrogen-bond acceptors (Lipinski definition) is 4. The summed E-state index contributed by atoms with van der Waals surface area (Å²) in [5.41, 5.74) is 0.890. The van der Waals surface area contributed by atoms with Gasteiger partial charge in [-0.15, -0.1) is 0 Å². The van der Waals surface area contributed by atoms with Gasteiger partial charge in [-0.3, -0.25) is 9.59 Å². The Morgan fingerprint density at radius 1 is 1.23 bits per heavy atom. The first-order valence-electron chi connectivity index (χ1n) is 7.33. The third-order valence-corrected chi connectivity index (χ3v) is 3.56. The van der Waals surface area contributed by atoms with Gasteiger partial charge in [0.05, 0.1) is 24.5 Å². The van der Waals surface area contributed by atoms with Gasteiger partial charge in [0.25, 0.3) is 0 Å². The molecule has 1 aliphatic rings. The number of rotatable bonds is 6. The fourth-order valence-electron chi connectivity index (χ4n) is 2.23. The lowest BCUT2D eigenvalue weighted by Crippen LogP contribution is -2.28. The first-order chi connectivity index (χ1) is 10.6. The quantitative estimate of drug-likeness (QED) is 0.781. The van der Waals surface area contributed by atoms with E-state index in [0.717, 1.165) is 6.42 Å². The molecule has 1 saturated carbocycles. The lowest BCUT2D eigenvalue weighted by atomic mass is 10.2. The molecule has 118 valence electrons. The van der Waals surface area contributed by atoms with E-state index in [9.17, 15) is 14.4 Å². The molecule has 2 atom stereocenters. The lowest BCUT2D eigenvalue weighted by molar-refractivity contribution is -0.125. The molecule has 0 aliphatic heterocycles. The summed E-state index contributed by atoms with van der Waals surface area (Å²) < 4.78 is 4.64. The molecular weight excluding hydrogens is 284 g/mol. The maximum Gasteiger partial charge on any atom is 0.337 e. The number of carbonyl (C=O) groups is 3. The summed E-state index contributed by atoms with van der Waals surface area (Å²) in [6.45, 7) is 2.61. The predicted molar refractivity (Wildman–Crippen MR) is 81.3 cm³/mol. The smallest absolute Gasteiger partial charge is 0.337 e. The van der Waals surface area contributed by atoms with Crippen LogP contribution in [0.2, 0.25) is 0 Å². The van der Waals surface area contributed by atoms with E-state index in [1.807, 2.05) is 6.92 Å². The van der Waals surface area contributed by atoms with Gasteiger partial charge in [-0.05, 0) is 31.0 Å². The van der Waals surface area contributed by atoms with Crippen LogP contribution in [-0.2, 0) is 14.3 Å². The average Bonchev–Trinajstić information content (AvgIpc) is 3.32. The number of methoxy groups -OCH3 is 1. The standard InChI is InChI=1S/C16H20N2O4/c1-3-7-17-14(19)12-9-13(12)15(20)18-11-6-4-5-10(8-11)16(21)22-2/h4-6,8,12-13H,3,7,9H2,1-2H3,(H,17,19)(H,18,20).